The Hall–Kier alpha value is -2.63. The number of esters is 2. The van der Waals surface area contributed by atoms with Crippen LogP contribution in [-0.4, -0.2) is 86.5 Å². The van der Waals surface area contributed by atoms with Gasteiger partial charge in [0.1, 0.15) is 23.9 Å². The Morgan fingerprint density at radius 3 is 2.28 bits per heavy atom. The molecule has 1 aromatic carbocycles. The van der Waals surface area contributed by atoms with E-state index < -0.39 is 76.2 Å². The zero-order valence-electron chi connectivity index (χ0n) is 22.7. The van der Waals surface area contributed by atoms with Crippen LogP contribution in [-0.2, 0) is 23.8 Å². The highest BCUT2D eigenvalue weighted by Gasteiger charge is 2.77. The van der Waals surface area contributed by atoms with Gasteiger partial charge in [-0.1, -0.05) is 32.0 Å². The number of hydrogen-bond acceptors (Lipinski definition) is 10. The van der Waals surface area contributed by atoms with E-state index in [1.54, 1.807) is 51.1 Å². The van der Waals surface area contributed by atoms with Gasteiger partial charge >= 0.3 is 11.9 Å². The highest BCUT2D eigenvalue weighted by Crippen LogP contribution is 2.63. The third-order valence-corrected chi connectivity index (χ3v) is 9.95. The molecule has 4 aliphatic rings. The second-order valence-electron chi connectivity index (χ2n) is 12.2. The summed E-state index contributed by atoms with van der Waals surface area (Å²) in [4.78, 5) is 40.3. The van der Waals surface area contributed by atoms with Crippen LogP contribution in [0.1, 0.15) is 57.8 Å². The van der Waals surface area contributed by atoms with Crippen molar-refractivity contribution in [3.05, 3.63) is 47.0 Å². The maximum atomic E-state index is 14.3. The standard InChI is InChI=1S/C29H36O10/c1-14-17(31)12-29(36)24(38-15(2)30)22-27(5,23(34)21(33)20(14)26(29,3)4)18(32)11-19-28(22,13-37-19)39-25(35)16-9-7-6-8-10-16/h6-10,17-19,21-22,24,31-33,36H,11-13H2,1-5H3/t17-,18-,19+,21+,22-,24-,27+,28-,29+/m0/s1. The lowest BCUT2D eigenvalue weighted by Gasteiger charge is -2.67. The number of hydrogen-bond donors (Lipinski definition) is 4. The van der Waals surface area contributed by atoms with E-state index in [9.17, 15) is 34.8 Å². The van der Waals surface area contributed by atoms with Gasteiger partial charge in [-0.25, -0.2) is 4.79 Å². The molecule has 2 saturated carbocycles. The minimum absolute atomic E-state index is 0.0944. The predicted molar refractivity (Wildman–Crippen MR) is 135 cm³/mol. The molecule has 0 aromatic heterocycles. The summed E-state index contributed by atoms with van der Waals surface area (Å²) in [6, 6.07) is 8.20. The molecule has 0 unspecified atom stereocenters. The monoisotopic (exact) mass is 544 g/mol. The number of aliphatic hydroxyl groups is 4. The lowest BCUT2D eigenvalue weighted by molar-refractivity contribution is -0.342. The second-order valence-corrected chi connectivity index (χ2v) is 12.2. The minimum atomic E-state index is -2.04. The topological polar surface area (TPSA) is 160 Å². The number of Topliss-reactive ketones (excluding diaryl/α,β-unsaturated/α-hetero) is 1. The maximum Gasteiger partial charge on any atom is 0.338 e. The first-order valence-electron chi connectivity index (χ1n) is 13.2. The molecule has 1 heterocycles. The van der Waals surface area contributed by atoms with E-state index in [0.29, 0.717) is 5.57 Å². The second kappa shape index (κ2) is 8.94. The van der Waals surface area contributed by atoms with Gasteiger partial charge in [0, 0.05) is 25.2 Å². The largest absolute Gasteiger partial charge is 0.459 e. The molecule has 10 heteroatoms. The lowest BCUT2D eigenvalue weighted by Crippen LogP contribution is -2.81. The summed E-state index contributed by atoms with van der Waals surface area (Å²) in [6.45, 7) is 7.22. The summed E-state index contributed by atoms with van der Waals surface area (Å²) in [7, 11) is 0. The Balaban J connectivity index is 1.78. The Morgan fingerprint density at radius 1 is 1.08 bits per heavy atom. The van der Waals surface area contributed by atoms with E-state index in [4.69, 9.17) is 14.2 Å². The molecular formula is C29H36O10. The molecule has 1 saturated heterocycles. The third kappa shape index (κ3) is 3.62. The van der Waals surface area contributed by atoms with E-state index in [1.807, 2.05) is 0 Å². The summed E-state index contributed by atoms with van der Waals surface area (Å²) >= 11 is 0. The van der Waals surface area contributed by atoms with E-state index in [2.05, 4.69) is 0 Å². The molecule has 0 amide bonds. The zero-order chi connectivity index (χ0) is 28.7. The van der Waals surface area contributed by atoms with Crippen LogP contribution in [0.2, 0.25) is 0 Å². The van der Waals surface area contributed by atoms with Crippen LogP contribution in [0.5, 0.6) is 0 Å². The van der Waals surface area contributed by atoms with Crippen molar-refractivity contribution in [3.8, 4) is 0 Å². The molecular weight excluding hydrogens is 508 g/mol. The van der Waals surface area contributed by atoms with Crippen LogP contribution >= 0.6 is 0 Å². The van der Waals surface area contributed by atoms with Crippen LogP contribution in [0.4, 0.5) is 0 Å². The molecule has 9 atom stereocenters. The number of ether oxygens (including phenoxy) is 3. The summed E-state index contributed by atoms with van der Waals surface area (Å²) in [5.41, 5.74) is -6.17. The van der Waals surface area contributed by atoms with Crippen LogP contribution in [0.25, 0.3) is 0 Å². The van der Waals surface area contributed by atoms with Gasteiger partial charge in [0.2, 0.25) is 0 Å². The van der Waals surface area contributed by atoms with Crippen molar-refractivity contribution in [1.82, 2.24) is 0 Å². The summed E-state index contributed by atoms with van der Waals surface area (Å²) in [5.74, 6) is -3.60. The van der Waals surface area contributed by atoms with Crippen LogP contribution in [0, 0.1) is 16.7 Å². The molecule has 39 heavy (non-hydrogen) atoms. The number of fused-ring (bicyclic) bond motifs is 5. The third-order valence-electron chi connectivity index (χ3n) is 9.95. The number of carbonyl (C=O) groups excluding carboxylic acids is 3. The van der Waals surface area contributed by atoms with Gasteiger partial charge in [0.25, 0.3) is 0 Å². The molecule has 4 N–H and O–H groups in total. The summed E-state index contributed by atoms with van der Waals surface area (Å²) in [6.07, 6.45) is -7.23. The van der Waals surface area contributed by atoms with Gasteiger partial charge in [0.15, 0.2) is 11.4 Å². The van der Waals surface area contributed by atoms with Crippen LogP contribution < -0.4 is 0 Å². The fourth-order valence-corrected chi connectivity index (χ4v) is 7.62. The predicted octanol–water partition coefficient (Wildman–Crippen LogP) is 1.08. The number of aliphatic hydroxyl groups excluding tert-OH is 3. The van der Waals surface area contributed by atoms with Gasteiger partial charge < -0.3 is 34.6 Å². The highest BCUT2D eigenvalue weighted by atomic mass is 16.6. The fourth-order valence-electron chi connectivity index (χ4n) is 7.62. The normalized spacial score (nSPS) is 42.7. The quantitative estimate of drug-likeness (QED) is 0.320. The van der Waals surface area contributed by atoms with E-state index >= 15 is 0 Å². The average Bonchev–Trinajstić information content (AvgIpc) is 2.87. The molecule has 3 fully saturated rings. The summed E-state index contributed by atoms with van der Waals surface area (Å²) in [5, 5.41) is 46.5. The molecule has 1 aromatic rings. The first-order chi connectivity index (χ1) is 18.1. The number of benzene rings is 1. The van der Waals surface area contributed by atoms with Gasteiger partial charge in [-0.2, -0.15) is 0 Å². The van der Waals surface area contributed by atoms with Crippen molar-refractivity contribution in [2.45, 2.75) is 89.2 Å². The van der Waals surface area contributed by atoms with Gasteiger partial charge in [-0.3, -0.25) is 9.59 Å². The van der Waals surface area contributed by atoms with Crippen molar-refractivity contribution in [2.24, 2.45) is 16.7 Å². The van der Waals surface area contributed by atoms with Crippen molar-refractivity contribution < 1.29 is 49.0 Å². The first-order valence-corrected chi connectivity index (χ1v) is 13.2. The average molecular weight is 545 g/mol. The Morgan fingerprint density at radius 2 is 1.72 bits per heavy atom. The van der Waals surface area contributed by atoms with E-state index in [1.165, 1.54) is 6.92 Å². The Labute approximate surface area is 226 Å². The van der Waals surface area contributed by atoms with Crippen molar-refractivity contribution in [3.63, 3.8) is 0 Å². The van der Waals surface area contributed by atoms with Gasteiger partial charge in [-0.05, 0) is 37.1 Å². The number of ketones is 1. The summed E-state index contributed by atoms with van der Waals surface area (Å²) < 4.78 is 17.8. The van der Waals surface area contributed by atoms with Crippen molar-refractivity contribution >= 4 is 17.7 Å². The molecule has 0 spiro atoms. The fraction of sp³-hybridized carbons (Fsp3) is 0.621. The molecule has 0 radical (unpaired) electrons. The smallest absolute Gasteiger partial charge is 0.338 e. The lowest BCUT2D eigenvalue weighted by atomic mass is 9.44. The van der Waals surface area contributed by atoms with Crippen molar-refractivity contribution in [2.75, 3.05) is 6.61 Å². The zero-order valence-corrected chi connectivity index (χ0v) is 22.7. The molecule has 212 valence electrons. The van der Waals surface area contributed by atoms with Crippen molar-refractivity contribution in [1.29, 1.82) is 0 Å². The molecule has 5 rings (SSSR count). The van der Waals surface area contributed by atoms with Gasteiger partial charge in [0.05, 0.1) is 35.7 Å². The Bertz CT molecular complexity index is 1240. The Kier molecular flexibility index (Phi) is 6.40. The molecule has 2 bridgehead atoms. The minimum Gasteiger partial charge on any atom is -0.459 e. The van der Waals surface area contributed by atoms with Gasteiger partial charge in [-0.15, -0.1) is 0 Å². The van der Waals surface area contributed by atoms with Crippen LogP contribution in [0.15, 0.2) is 41.5 Å². The SMILES string of the molecule is CC(=O)O[C@H]1[C@@H]2[C@]3(OC(=O)c4ccccc4)CO[C@@H]3C[C@H](O)[C@@]2(C)C(=O)[C@H](O)C2=C(C)[C@@H](O)C[C@]1(O)C2(C)C. The van der Waals surface area contributed by atoms with E-state index in [-0.39, 0.29) is 30.6 Å². The molecule has 10 nitrogen and oxygen atoms in total. The molecule has 3 aliphatic carbocycles. The highest BCUT2D eigenvalue weighted by molar-refractivity contribution is 5.94. The first kappa shape index (κ1) is 27.9. The number of rotatable bonds is 3. The maximum absolute atomic E-state index is 14.3. The van der Waals surface area contributed by atoms with E-state index in [0.717, 1.165) is 6.92 Å². The van der Waals surface area contributed by atoms with Crippen LogP contribution in [0.3, 0.4) is 0 Å². The molecule has 1 aliphatic heterocycles. The number of carbonyl (C=O) groups is 3.